The minimum atomic E-state index is -0.0969. The van der Waals surface area contributed by atoms with Gasteiger partial charge in [-0.05, 0) is 43.5 Å². The van der Waals surface area contributed by atoms with Crippen LogP contribution in [0.4, 0.5) is 5.69 Å². The number of anilines is 1. The highest BCUT2D eigenvalue weighted by molar-refractivity contribution is 5.96. The maximum absolute atomic E-state index is 12.5. The highest BCUT2D eigenvalue weighted by Crippen LogP contribution is 2.20. The molecule has 0 bridgehead atoms. The number of hydrogen-bond acceptors (Lipinski definition) is 4. The molecule has 1 heterocycles. The molecule has 3 rings (SSSR count). The van der Waals surface area contributed by atoms with Gasteiger partial charge in [-0.25, -0.2) is 0 Å². The Kier molecular flexibility index (Phi) is 7.11. The smallest absolute Gasteiger partial charge is 0.255 e. The molecule has 0 spiro atoms. The maximum atomic E-state index is 12.5. The summed E-state index contributed by atoms with van der Waals surface area (Å²) >= 11 is 0. The van der Waals surface area contributed by atoms with Crippen LogP contribution >= 0.6 is 0 Å². The van der Waals surface area contributed by atoms with Gasteiger partial charge in [-0.2, -0.15) is 0 Å². The van der Waals surface area contributed by atoms with Crippen molar-refractivity contribution in [1.82, 2.24) is 5.32 Å². The zero-order chi connectivity index (χ0) is 18.9. The molecule has 0 aliphatic carbocycles. The molecule has 144 valence electrons. The molecule has 1 unspecified atom stereocenters. The van der Waals surface area contributed by atoms with Crippen molar-refractivity contribution in [2.45, 2.75) is 25.4 Å². The predicted octanol–water partition coefficient (Wildman–Crippen LogP) is 3.50. The van der Waals surface area contributed by atoms with E-state index in [4.69, 9.17) is 9.47 Å². The van der Waals surface area contributed by atoms with Crippen molar-refractivity contribution < 1.29 is 14.3 Å². The van der Waals surface area contributed by atoms with E-state index in [1.807, 2.05) is 36.4 Å². The fourth-order valence-electron chi connectivity index (χ4n) is 3.16. The molecule has 5 heteroatoms. The normalized spacial score (nSPS) is 16.1. The Morgan fingerprint density at radius 2 is 1.96 bits per heavy atom. The molecule has 1 fully saturated rings. The average Bonchev–Trinajstić information content (AvgIpc) is 3.24. The third kappa shape index (κ3) is 5.73. The first-order chi connectivity index (χ1) is 13.2. The van der Waals surface area contributed by atoms with E-state index in [0.29, 0.717) is 24.5 Å². The Morgan fingerprint density at radius 3 is 2.74 bits per heavy atom. The fourth-order valence-corrected chi connectivity index (χ4v) is 3.16. The molecule has 1 amide bonds. The molecule has 27 heavy (non-hydrogen) atoms. The van der Waals surface area contributed by atoms with E-state index in [2.05, 4.69) is 29.4 Å². The van der Waals surface area contributed by atoms with Crippen molar-refractivity contribution in [3.63, 3.8) is 0 Å². The largest absolute Gasteiger partial charge is 0.490 e. The van der Waals surface area contributed by atoms with Crippen molar-refractivity contribution >= 4 is 11.6 Å². The van der Waals surface area contributed by atoms with Crippen LogP contribution in [0.3, 0.4) is 0 Å². The Morgan fingerprint density at radius 1 is 1.19 bits per heavy atom. The minimum absolute atomic E-state index is 0.0969. The van der Waals surface area contributed by atoms with E-state index >= 15 is 0 Å². The van der Waals surface area contributed by atoms with Crippen LogP contribution < -0.4 is 15.0 Å². The summed E-state index contributed by atoms with van der Waals surface area (Å²) in [6, 6.07) is 17.6. The van der Waals surface area contributed by atoms with Gasteiger partial charge in [-0.15, -0.1) is 0 Å². The van der Waals surface area contributed by atoms with Gasteiger partial charge in [0.25, 0.3) is 5.91 Å². The third-order valence-corrected chi connectivity index (χ3v) is 4.73. The van der Waals surface area contributed by atoms with Gasteiger partial charge in [0.15, 0.2) is 0 Å². The van der Waals surface area contributed by atoms with Crippen LogP contribution in [0.25, 0.3) is 0 Å². The standard InChI is InChI=1S/C22H28N2O3/c1-24(18-9-3-2-4-10-18)15-8-14-23-22(25)20-12-5-6-13-21(20)27-17-19-11-7-16-26-19/h2-6,9-10,12-13,19H,7-8,11,14-17H2,1H3,(H,23,25). The van der Waals surface area contributed by atoms with E-state index in [-0.39, 0.29) is 12.0 Å². The van der Waals surface area contributed by atoms with Gasteiger partial charge in [0.1, 0.15) is 12.4 Å². The fraction of sp³-hybridized carbons (Fsp3) is 0.409. The number of hydrogen-bond donors (Lipinski definition) is 1. The zero-order valence-electron chi connectivity index (χ0n) is 15.9. The molecule has 1 atom stereocenters. The second kappa shape index (κ2) is 9.97. The van der Waals surface area contributed by atoms with Crippen LogP contribution in [0, 0.1) is 0 Å². The Balaban J connectivity index is 1.45. The lowest BCUT2D eigenvalue weighted by Gasteiger charge is -2.19. The van der Waals surface area contributed by atoms with Gasteiger partial charge in [-0.1, -0.05) is 30.3 Å². The SMILES string of the molecule is CN(CCCNC(=O)c1ccccc1OCC1CCCO1)c1ccccc1. The number of carbonyl (C=O) groups excluding carboxylic acids is 1. The van der Waals surface area contributed by atoms with Crippen LogP contribution in [0.15, 0.2) is 54.6 Å². The van der Waals surface area contributed by atoms with Crippen molar-refractivity contribution in [3.05, 3.63) is 60.2 Å². The quantitative estimate of drug-likeness (QED) is 0.688. The zero-order valence-corrected chi connectivity index (χ0v) is 15.9. The van der Waals surface area contributed by atoms with Crippen LogP contribution in [0.1, 0.15) is 29.6 Å². The number of carbonyl (C=O) groups is 1. The Bertz CT molecular complexity index is 715. The van der Waals surface area contributed by atoms with Crippen molar-refractivity contribution in [1.29, 1.82) is 0 Å². The third-order valence-electron chi connectivity index (χ3n) is 4.73. The van der Waals surface area contributed by atoms with Crippen LogP contribution in [-0.4, -0.2) is 45.4 Å². The molecule has 1 saturated heterocycles. The number of nitrogens with one attached hydrogen (secondary N) is 1. The van der Waals surface area contributed by atoms with Crippen molar-refractivity contribution in [3.8, 4) is 5.75 Å². The summed E-state index contributed by atoms with van der Waals surface area (Å²) in [6.07, 6.45) is 3.10. The van der Waals surface area contributed by atoms with Crippen molar-refractivity contribution in [2.75, 3.05) is 38.3 Å². The number of nitrogens with zero attached hydrogens (tertiary/aromatic N) is 1. The first-order valence-electron chi connectivity index (χ1n) is 9.62. The maximum Gasteiger partial charge on any atom is 0.255 e. The van der Waals surface area contributed by atoms with Gasteiger partial charge in [0.2, 0.25) is 0 Å². The molecule has 0 radical (unpaired) electrons. The lowest BCUT2D eigenvalue weighted by atomic mass is 10.2. The topological polar surface area (TPSA) is 50.8 Å². The first-order valence-corrected chi connectivity index (χ1v) is 9.62. The van der Waals surface area contributed by atoms with Crippen LogP contribution in [0.2, 0.25) is 0 Å². The van der Waals surface area contributed by atoms with E-state index in [1.165, 1.54) is 5.69 Å². The lowest BCUT2D eigenvalue weighted by molar-refractivity contribution is 0.0670. The molecule has 2 aromatic carbocycles. The second-order valence-corrected chi connectivity index (χ2v) is 6.81. The molecule has 1 aliphatic rings. The van der Waals surface area contributed by atoms with Gasteiger partial charge in [0, 0.05) is 32.4 Å². The average molecular weight is 368 g/mol. The number of rotatable bonds is 9. The van der Waals surface area contributed by atoms with Crippen LogP contribution in [0.5, 0.6) is 5.75 Å². The van der Waals surface area contributed by atoms with E-state index in [0.717, 1.165) is 32.4 Å². The molecule has 0 saturated carbocycles. The molecule has 1 aliphatic heterocycles. The molecular formula is C22H28N2O3. The summed E-state index contributed by atoms with van der Waals surface area (Å²) in [7, 11) is 2.06. The van der Waals surface area contributed by atoms with Crippen molar-refractivity contribution in [2.24, 2.45) is 0 Å². The predicted molar refractivity (Wildman–Crippen MR) is 108 cm³/mol. The Hall–Kier alpha value is -2.53. The highest BCUT2D eigenvalue weighted by atomic mass is 16.5. The summed E-state index contributed by atoms with van der Waals surface area (Å²) < 4.78 is 11.4. The summed E-state index contributed by atoms with van der Waals surface area (Å²) in [5.74, 6) is 0.521. The lowest BCUT2D eigenvalue weighted by Crippen LogP contribution is -2.28. The van der Waals surface area contributed by atoms with Gasteiger partial charge in [-0.3, -0.25) is 4.79 Å². The molecule has 0 aromatic heterocycles. The molecule has 1 N–H and O–H groups in total. The highest BCUT2D eigenvalue weighted by Gasteiger charge is 2.18. The summed E-state index contributed by atoms with van der Waals surface area (Å²) in [5, 5.41) is 3.00. The van der Waals surface area contributed by atoms with Crippen LogP contribution in [-0.2, 0) is 4.74 Å². The van der Waals surface area contributed by atoms with Gasteiger partial charge >= 0.3 is 0 Å². The number of benzene rings is 2. The monoisotopic (exact) mass is 368 g/mol. The number of amides is 1. The first kappa shape index (κ1) is 19.2. The summed E-state index contributed by atoms with van der Waals surface area (Å²) in [5.41, 5.74) is 1.75. The van der Waals surface area contributed by atoms with E-state index < -0.39 is 0 Å². The number of ether oxygens (including phenoxy) is 2. The van der Waals surface area contributed by atoms with E-state index in [1.54, 1.807) is 6.07 Å². The summed E-state index contributed by atoms with van der Waals surface area (Å²) in [4.78, 5) is 14.7. The molecular weight excluding hydrogens is 340 g/mol. The van der Waals surface area contributed by atoms with Gasteiger partial charge < -0.3 is 19.7 Å². The minimum Gasteiger partial charge on any atom is -0.490 e. The summed E-state index contributed by atoms with van der Waals surface area (Å²) in [6.45, 7) is 2.79. The van der Waals surface area contributed by atoms with Gasteiger partial charge in [0.05, 0.1) is 11.7 Å². The molecule has 5 nitrogen and oxygen atoms in total. The molecule has 2 aromatic rings. The second-order valence-electron chi connectivity index (χ2n) is 6.81. The Labute approximate surface area is 161 Å². The number of para-hydroxylation sites is 2. The van der Waals surface area contributed by atoms with E-state index in [9.17, 15) is 4.79 Å².